The van der Waals surface area contributed by atoms with E-state index in [4.69, 9.17) is 0 Å². The second kappa shape index (κ2) is 2.88. The number of hydrogen-bond donors (Lipinski definition) is 1. The lowest BCUT2D eigenvalue weighted by molar-refractivity contribution is -0.385. The molecule has 1 unspecified atom stereocenters. The van der Waals surface area contributed by atoms with Crippen molar-refractivity contribution < 1.29 is 14.8 Å². The van der Waals surface area contributed by atoms with Crippen LogP contribution in [0.5, 0.6) is 0 Å². The normalized spacial score (nSPS) is 19.5. The predicted molar refractivity (Wildman–Crippen MR) is 47.1 cm³/mol. The van der Waals surface area contributed by atoms with Crippen LogP contribution in [0.25, 0.3) is 0 Å². The summed E-state index contributed by atoms with van der Waals surface area (Å²) in [5, 5.41) is 19.8. The van der Waals surface area contributed by atoms with Crippen LogP contribution in [0.15, 0.2) is 18.2 Å². The lowest BCUT2D eigenvalue weighted by Gasteiger charge is -1.97. The molecule has 1 atom stereocenters. The summed E-state index contributed by atoms with van der Waals surface area (Å²) in [5.74, 6) is -0.427. The van der Waals surface area contributed by atoms with Gasteiger partial charge in [-0.05, 0) is 0 Å². The number of aliphatic hydroxyl groups is 1. The van der Waals surface area contributed by atoms with E-state index in [1.165, 1.54) is 18.2 Å². The Bertz CT molecular complexity index is 427. The van der Waals surface area contributed by atoms with Crippen LogP contribution in [0.2, 0.25) is 0 Å². The van der Waals surface area contributed by atoms with Gasteiger partial charge in [-0.1, -0.05) is 12.1 Å². The summed E-state index contributed by atoms with van der Waals surface area (Å²) in [6, 6.07) is 4.29. The third kappa shape index (κ3) is 1.10. The van der Waals surface area contributed by atoms with E-state index in [-0.39, 0.29) is 17.7 Å². The van der Waals surface area contributed by atoms with Crippen molar-refractivity contribution in [3.8, 4) is 0 Å². The van der Waals surface area contributed by atoms with Gasteiger partial charge in [0.25, 0.3) is 5.69 Å². The van der Waals surface area contributed by atoms with Gasteiger partial charge in [-0.25, -0.2) is 0 Å². The molecular formula is C9H7NO4. The highest BCUT2D eigenvalue weighted by Crippen LogP contribution is 2.30. The smallest absolute Gasteiger partial charge is 0.273 e. The molecule has 0 amide bonds. The molecule has 0 aromatic heterocycles. The average molecular weight is 193 g/mol. The van der Waals surface area contributed by atoms with Gasteiger partial charge in [-0.3, -0.25) is 14.9 Å². The number of hydrogen-bond acceptors (Lipinski definition) is 4. The number of aliphatic hydroxyl groups excluding tert-OH is 1. The number of rotatable bonds is 1. The van der Waals surface area contributed by atoms with Crippen LogP contribution >= 0.6 is 0 Å². The molecule has 1 aromatic carbocycles. The Hall–Kier alpha value is -1.75. The fourth-order valence-electron chi connectivity index (χ4n) is 1.66. The summed E-state index contributed by atoms with van der Waals surface area (Å²) in [6.45, 7) is 0. The van der Waals surface area contributed by atoms with E-state index in [1.54, 1.807) is 0 Å². The molecule has 0 saturated heterocycles. The minimum absolute atomic E-state index is 0.0469. The van der Waals surface area contributed by atoms with Crippen LogP contribution in [-0.4, -0.2) is 21.9 Å². The van der Waals surface area contributed by atoms with Gasteiger partial charge in [0, 0.05) is 23.6 Å². The topological polar surface area (TPSA) is 80.4 Å². The Morgan fingerprint density at radius 3 is 2.86 bits per heavy atom. The van der Waals surface area contributed by atoms with Crippen molar-refractivity contribution in [2.75, 3.05) is 0 Å². The molecule has 2 rings (SSSR count). The largest absolute Gasteiger partial charge is 0.385 e. The quantitative estimate of drug-likeness (QED) is 0.525. The minimum Gasteiger partial charge on any atom is -0.385 e. The molecule has 0 aliphatic heterocycles. The Morgan fingerprint density at radius 2 is 2.21 bits per heavy atom. The molecule has 0 radical (unpaired) electrons. The van der Waals surface area contributed by atoms with Crippen LogP contribution in [0.3, 0.4) is 0 Å². The molecule has 1 N–H and O–H groups in total. The minimum atomic E-state index is -1.12. The number of fused-ring (bicyclic) bond motifs is 1. The molecule has 0 heterocycles. The molecule has 0 bridgehead atoms. The van der Waals surface area contributed by atoms with E-state index in [9.17, 15) is 20.0 Å². The summed E-state index contributed by atoms with van der Waals surface area (Å²) >= 11 is 0. The zero-order valence-electron chi connectivity index (χ0n) is 7.14. The summed E-state index contributed by atoms with van der Waals surface area (Å²) in [4.78, 5) is 21.3. The number of nitro benzene ring substituents is 1. The van der Waals surface area contributed by atoms with Crippen LogP contribution in [-0.2, 0) is 6.42 Å². The Kier molecular flexibility index (Phi) is 1.82. The lowest BCUT2D eigenvalue weighted by atomic mass is 10.1. The van der Waals surface area contributed by atoms with Crippen molar-refractivity contribution >= 4 is 11.5 Å². The number of carbonyl (C=O) groups excluding carboxylic acids is 1. The summed E-state index contributed by atoms with van der Waals surface area (Å²) in [7, 11) is 0. The molecule has 1 aliphatic rings. The molecule has 5 nitrogen and oxygen atoms in total. The summed E-state index contributed by atoms with van der Waals surface area (Å²) in [5.41, 5.74) is 0.522. The van der Waals surface area contributed by atoms with Gasteiger partial charge >= 0.3 is 0 Å². The SMILES string of the molecule is O=C1c2cccc([N+](=O)[O-])c2CC1O. The van der Waals surface area contributed by atoms with Crippen molar-refractivity contribution in [2.24, 2.45) is 0 Å². The van der Waals surface area contributed by atoms with Gasteiger partial charge in [-0.2, -0.15) is 0 Å². The highest BCUT2D eigenvalue weighted by Gasteiger charge is 2.33. The van der Waals surface area contributed by atoms with Crippen LogP contribution in [0.4, 0.5) is 5.69 Å². The third-order valence-corrected chi connectivity index (χ3v) is 2.31. The van der Waals surface area contributed by atoms with Gasteiger partial charge in [0.1, 0.15) is 6.10 Å². The zero-order valence-corrected chi connectivity index (χ0v) is 7.14. The van der Waals surface area contributed by atoms with E-state index < -0.39 is 16.8 Å². The number of nitrogens with zero attached hydrogens (tertiary/aromatic N) is 1. The van der Waals surface area contributed by atoms with Gasteiger partial charge < -0.3 is 5.11 Å². The first kappa shape index (κ1) is 8.83. The first-order valence-electron chi connectivity index (χ1n) is 4.10. The Labute approximate surface area is 79.1 Å². The van der Waals surface area contributed by atoms with Crippen LogP contribution in [0, 0.1) is 10.1 Å². The van der Waals surface area contributed by atoms with Crippen molar-refractivity contribution in [1.29, 1.82) is 0 Å². The molecule has 0 spiro atoms. The summed E-state index contributed by atoms with van der Waals surface area (Å²) < 4.78 is 0. The van der Waals surface area contributed by atoms with Gasteiger partial charge in [0.05, 0.1) is 4.92 Å². The van der Waals surface area contributed by atoms with Crippen LogP contribution in [0.1, 0.15) is 15.9 Å². The molecule has 0 fully saturated rings. The highest BCUT2D eigenvalue weighted by molar-refractivity contribution is 6.04. The first-order chi connectivity index (χ1) is 6.61. The molecule has 1 aromatic rings. The molecule has 5 heteroatoms. The number of ketones is 1. The standard InChI is InChI=1S/C9H7NO4/c11-8-4-6-5(9(8)12)2-1-3-7(6)10(13)14/h1-3,8,11H,4H2. The molecular weight excluding hydrogens is 186 g/mol. The van der Waals surface area contributed by atoms with E-state index >= 15 is 0 Å². The lowest BCUT2D eigenvalue weighted by Crippen LogP contribution is -2.13. The molecule has 72 valence electrons. The van der Waals surface area contributed by atoms with E-state index in [0.29, 0.717) is 5.56 Å². The van der Waals surface area contributed by atoms with Gasteiger partial charge in [0.2, 0.25) is 0 Å². The monoisotopic (exact) mass is 193 g/mol. The predicted octanol–water partition coefficient (Wildman–Crippen LogP) is 0.694. The number of carbonyl (C=O) groups is 1. The van der Waals surface area contributed by atoms with E-state index in [0.717, 1.165) is 0 Å². The highest BCUT2D eigenvalue weighted by atomic mass is 16.6. The third-order valence-electron chi connectivity index (χ3n) is 2.31. The average Bonchev–Trinajstić information content (AvgIpc) is 2.43. The molecule has 1 aliphatic carbocycles. The zero-order chi connectivity index (χ0) is 10.3. The maximum Gasteiger partial charge on any atom is 0.273 e. The van der Waals surface area contributed by atoms with Gasteiger partial charge in [0.15, 0.2) is 5.78 Å². The fourth-order valence-corrected chi connectivity index (χ4v) is 1.66. The van der Waals surface area contributed by atoms with Crippen molar-refractivity contribution in [3.63, 3.8) is 0 Å². The second-order valence-corrected chi connectivity index (χ2v) is 3.14. The van der Waals surface area contributed by atoms with Gasteiger partial charge in [-0.15, -0.1) is 0 Å². The van der Waals surface area contributed by atoms with E-state index in [2.05, 4.69) is 0 Å². The molecule has 0 saturated carbocycles. The maximum atomic E-state index is 11.3. The number of Topliss-reactive ketones (excluding diaryl/α,β-unsaturated/α-hetero) is 1. The first-order valence-corrected chi connectivity index (χ1v) is 4.10. The number of nitro groups is 1. The van der Waals surface area contributed by atoms with Crippen molar-refractivity contribution in [2.45, 2.75) is 12.5 Å². The molecule has 14 heavy (non-hydrogen) atoms. The fraction of sp³-hybridized carbons (Fsp3) is 0.222. The maximum absolute atomic E-state index is 11.3. The van der Waals surface area contributed by atoms with Crippen molar-refractivity contribution in [1.82, 2.24) is 0 Å². The number of benzene rings is 1. The Balaban J connectivity index is 2.61. The summed E-state index contributed by atoms with van der Waals surface area (Å²) in [6.07, 6.45) is -1.07. The van der Waals surface area contributed by atoms with Crippen molar-refractivity contribution in [3.05, 3.63) is 39.4 Å². The van der Waals surface area contributed by atoms with E-state index in [1.807, 2.05) is 0 Å². The van der Waals surface area contributed by atoms with Crippen LogP contribution < -0.4 is 0 Å². The Morgan fingerprint density at radius 1 is 1.50 bits per heavy atom. The second-order valence-electron chi connectivity index (χ2n) is 3.14.